The molecule has 2 rings (SSSR count). The lowest BCUT2D eigenvalue weighted by Crippen LogP contribution is -2.14. The van der Waals surface area contributed by atoms with Gasteiger partial charge in [-0.05, 0) is 54.4 Å². The Morgan fingerprint density at radius 3 is 2.75 bits per heavy atom. The van der Waals surface area contributed by atoms with Crippen LogP contribution in [0.2, 0.25) is 5.02 Å². The number of hydrogen-bond donors (Lipinski definition) is 1. The predicted molar refractivity (Wildman–Crippen MR) is 86.5 cm³/mol. The maximum absolute atomic E-state index is 13.9. The largest absolute Gasteiger partial charge is 0.313 e. The molecule has 2 aromatic carbocycles. The molecule has 0 radical (unpaired) electrons. The highest BCUT2D eigenvalue weighted by Gasteiger charge is 2.08. The molecule has 0 amide bonds. The van der Waals surface area contributed by atoms with Crippen LogP contribution < -0.4 is 5.32 Å². The summed E-state index contributed by atoms with van der Waals surface area (Å²) in [7, 11) is 0. The maximum atomic E-state index is 13.9. The van der Waals surface area contributed by atoms with Crippen LogP contribution in [0.5, 0.6) is 0 Å². The molecule has 0 aliphatic rings. The Morgan fingerprint density at radius 1 is 1.20 bits per heavy atom. The minimum absolute atomic E-state index is 0.233. The van der Waals surface area contributed by atoms with E-state index in [0.717, 1.165) is 28.6 Å². The average molecular weight is 357 g/mol. The second-order valence-corrected chi connectivity index (χ2v) is 5.93. The summed E-state index contributed by atoms with van der Waals surface area (Å²) in [6, 6.07) is 10.5. The standard InChI is InChI=1S/C16H16BrClFN/c1-2-7-20-10-12-8-11(3-5-15(12)18)14-9-13(17)4-6-16(14)19/h3-6,8-9,20H,2,7,10H2,1H3. The van der Waals surface area contributed by atoms with Gasteiger partial charge in [-0.2, -0.15) is 0 Å². The van der Waals surface area contributed by atoms with Crippen LogP contribution >= 0.6 is 27.5 Å². The van der Waals surface area contributed by atoms with Crippen LogP contribution in [0.25, 0.3) is 11.1 Å². The molecule has 106 valence electrons. The van der Waals surface area contributed by atoms with E-state index in [2.05, 4.69) is 28.2 Å². The third-order valence-electron chi connectivity index (χ3n) is 3.03. The van der Waals surface area contributed by atoms with E-state index in [0.29, 0.717) is 17.1 Å². The van der Waals surface area contributed by atoms with E-state index in [4.69, 9.17) is 11.6 Å². The molecule has 20 heavy (non-hydrogen) atoms. The summed E-state index contributed by atoms with van der Waals surface area (Å²) in [5.74, 6) is -0.233. The fourth-order valence-electron chi connectivity index (χ4n) is 2.00. The molecule has 0 spiro atoms. The zero-order valence-electron chi connectivity index (χ0n) is 11.2. The van der Waals surface area contributed by atoms with Crippen LogP contribution in [0, 0.1) is 5.82 Å². The highest BCUT2D eigenvalue weighted by Crippen LogP contribution is 2.29. The van der Waals surface area contributed by atoms with Gasteiger partial charge in [-0.15, -0.1) is 0 Å². The Kier molecular flexibility index (Phi) is 5.58. The van der Waals surface area contributed by atoms with Crippen molar-refractivity contribution in [3.05, 3.63) is 57.3 Å². The van der Waals surface area contributed by atoms with Crippen LogP contribution in [0.4, 0.5) is 4.39 Å². The van der Waals surface area contributed by atoms with Crippen LogP contribution in [0.15, 0.2) is 40.9 Å². The fourth-order valence-corrected chi connectivity index (χ4v) is 2.54. The van der Waals surface area contributed by atoms with E-state index in [-0.39, 0.29) is 5.82 Å². The number of hydrogen-bond acceptors (Lipinski definition) is 1. The Morgan fingerprint density at radius 2 is 2.00 bits per heavy atom. The smallest absolute Gasteiger partial charge is 0.131 e. The van der Waals surface area contributed by atoms with Crippen LogP contribution in [-0.2, 0) is 6.54 Å². The maximum Gasteiger partial charge on any atom is 0.131 e. The van der Waals surface area contributed by atoms with Crippen LogP contribution in [0.3, 0.4) is 0 Å². The normalized spacial score (nSPS) is 10.8. The minimum Gasteiger partial charge on any atom is -0.313 e. The van der Waals surface area contributed by atoms with Crippen molar-refractivity contribution in [2.45, 2.75) is 19.9 Å². The van der Waals surface area contributed by atoms with Crippen molar-refractivity contribution < 1.29 is 4.39 Å². The first kappa shape index (κ1) is 15.5. The zero-order valence-corrected chi connectivity index (χ0v) is 13.6. The third-order valence-corrected chi connectivity index (χ3v) is 3.89. The van der Waals surface area contributed by atoms with Gasteiger partial charge in [-0.25, -0.2) is 4.39 Å². The van der Waals surface area contributed by atoms with Crippen molar-refractivity contribution in [1.82, 2.24) is 5.32 Å². The van der Waals surface area contributed by atoms with Crippen molar-refractivity contribution in [2.24, 2.45) is 0 Å². The van der Waals surface area contributed by atoms with Gasteiger partial charge >= 0.3 is 0 Å². The SMILES string of the molecule is CCCNCc1cc(-c2cc(Br)ccc2F)ccc1Cl. The fraction of sp³-hybridized carbons (Fsp3) is 0.250. The molecule has 0 aliphatic heterocycles. The predicted octanol–water partition coefficient (Wildman–Crippen LogP) is 5.41. The zero-order chi connectivity index (χ0) is 14.5. The van der Waals surface area contributed by atoms with Gasteiger partial charge in [0.25, 0.3) is 0 Å². The van der Waals surface area contributed by atoms with Gasteiger partial charge in [0, 0.05) is 21.6 Å². The van der Waals surface area contributed by atoms with E-state index in [1.165, 1.54) is 6.07 Å². The lowest BCUT2D eigenvalue weighted by atomic mass is 10.0. The van der Waals surface area contributed by atoms with Crippen LogP contribution in [-0.4, -0.2) is 6.54 Å². The van der Waals surface area contributed by atoms with E-state index >= 15 is 0 Å². The van der Waals surface area contributed by atoms with Crippen molar-refractivity contribution in [1.29, 1.82) is 0 Å². The Labute approximate surface area is 132 Å². The van der Waals surface area contributed by atoms with Gasteiger partial charge in [-0.3, -0.25) is 0 Å². The molecule has 0 bridgehead atoms. The molecule has 1 N–H and O–H groups in total. The summed E-state index contributed by atoms with van der Waals surface area (Å²) in [4.78, 5) is 0. The number of halogens is 3. The summed E-state index contributed by atoms with van der Waals surface area (Å²) in [6.45, 7) is 3.74. The third kappa shape index (κ3) is 3.81. The Bertz CT molecular complexity index is 601. The molecule has 0 saturated heterocycles. The van der Waals surface area contributed by atoms with E-state index in [1.807, 2.05) is 18.2 Å². The molecule has 1 nitrogen and oxygen atoms in total. The van der Waals surface area contributed by atoms with Crippen molar-refractivity contribution in [3.8, 4) is 11.1 Å². The number of nitrogens with one attached hydrogen (secondary N) is 1. The van der Waals surface area contributed by atoms with Crippen molar-refractivity contribution in [3.63, 3.8) is 0 Å². The van der Waals surface area contributed by atoms with Gasteiger partial charge < -0.3 is 5.32 Å². The summed E-state index contributed by atoms with van der Waals surface area (Å²) in [5, 5.41) is 4.01. The Balaban J connectivity index is 2.33. The quantitative estimate of drug-likeness (QED) is 0.706. The topological polar surface area (TPSA) is 12.0 Å². The monoisotopic (exact) mass is 355 g/mol. The molecule has 0 aliphatic carbocycles. The summed E-state index contributed by atoms with van der Waals surface area (Å²) in [6.07, 6.45) is 1.07. The molecule has 0 saturated carbocycles. The molecule has 0 fully saturated rings. The summed E-state index contributed by atoms with van der Waals surface area (Å²) in [5.41, 5.74) is 2.39. The lowest BCUT2D eigenvalue weighted by Gasteiger charge is -2.10. The molecular weight excluding hydrogens is 341 g/mol. The van der Waals surface area contributed by atoms with Crippen molar-refractivity contribution in [2.75, 3.05) is 6.54 Å². The van der Waals surface area contributed by atoms with Crippen molar-refractivity contribution >= 4 is 27.5 Å². The number of benzene rings is 2. The lowest BCUT2D eigenvalue weighted by molar-refractivity contribution is 0.631. The van der Waals surface area contributed by atoms with E-state index < -0.39 is 0 Å². The summed E-state index contributed by atoms with van der Waals surface area (Å²) < 4.78 is 14.8. The van der Waals surface area contributed by atoms with Gasteiger partial charge in [0.1, 0.15) is 5.82 Å². The highest BCUT2D eigenvalue weighted by atomic mass is 79.9. The molecule has 2 aromatic rings. The van der Waals surface area contributed by atoms with E-state index in [9.17, 15) is 4.39 Å². The van der Waals surface area contributed by atoms with Crippen LogP contribution in [0.1, 0.15) is 18.9 Å². The molecule has 0 aromatic heterocycles. The Hall–Kier alpha value is -0.900. The molecule has 0 unspecified atom stereocenters. The minimum atomic E-state index is -0.233. The highest BCUT2D eigenvalue weighted by molar-refractivity contribution is 9.10. The van der Waals surface area contributed by atoms with E-state index in [1.54, 1.807) is 12.1 Å². The molecule has 4 heteroatoms. The first-order valence-electron chi connectivity index (χ1n) is 6.56. The first-order valence-corrected chi connectivity index (χ1v) is 7.73. The van der Waals surface area contributed by atoms with Gasteiger partial charge in [0.05, 0.1) is 0 Å². The first-order chi connectivity index (χ1) is 9.61. The van der Waals surface area contributed by atoms with Gasteiger partial charge in [0.15, 0.2) is 0 Å². The second-order valence-electron chi connectivity index (χ2n) is 4.61. The summed E-state index contributed by atoms with van der Waals surface area (Å²) >= 11 is 9.56. The van der Waals surface area contributed by atoms with Gasteiger partial charge in [0.2, 0.25) is 0 Å². The molecule has 0 atom stereocenters. The second kappa shape index (κ2) is 7.21. The molecule has 0 heterocycles. The average Bonchev–Trinajstić information content (AvgIpc) is 2.44. The molecular formula is C16H16BrClFN. The van der Waals surface area contributed by atoms with Gasteiger partial charge in [-0.1, -0.05) is 40.5 Å². The number of rotatable bonds is 5.